The Bertz CT molecular complexity index is 773. The first-order valence-electron chi connectivity index (χ1n) is 9.06. The van der Waals surface area contributed by atoms with Crippen LogP contribution in [0, 0.1) is 0 Å². The third-order valence-electron chi connectivity index (χ3n) is 4.00. The van der Waals surface area contributed by atoms with E-state index in [1.807, 2.05) is 24.3 Å². The van der Waals surface area contributed by atoms with Crippen molar-refractivity contribution in [1.29, 1.82) is 0 Å². The SMILES string of the molecule is CC(C)(O)Cc1cccc(OCCCNCc2cccc(C(F)(F)F)c2Cl)c1. The summed E-state index contributed by atoms with van der Waals surface area (Å²) in [4.78, 5) is 0. The molecule has 0 saturated carbocycles. The standard InChI is InChI=1S/C21H25ClF3NO2/c1-20(2,27)13-15-6-3-8-17(12-15)28-11-5-10-26-14-16-7-4-9-18(19(16)22)21(23,24)25/h3-4,6-9,12,26-27H,5,10-11,13-14H2,1-2H3. The van der Waals surface area contributed by atoms with Gasteiger partial charge in [0.2, 0.25) is 0 Å². The number of nitrogens with one attached hydrogen (secondary N) is 1. The van der Waals surface area contributed by atoms with Crippen molar-refractivity contribution in [3.05, 3.63) is 64.2 Å². The van der Waals surface area contributed by atoms with Crippen molar-refractivity contribution in [2.45, 2.75) is 45.0 Å². The van der Waals surface area contributed by atoms with Gasteiger partial charge in [-0.25, -0.2) is 0 Å². The van der Waals surface area contributed by atoms with Gasteiger partial charge in [0, 0.05) is 13.0 Å². The lowest BCUT2D eigenvalue weighted by molar-refractivity contribution is -0.137. The lowest BCUT2D eigenvalue weighted by Crippen LogP contribution is -2.21. The molecule has 7 heteroatoms. The fraction of sp³-hybridized carbons (Fsp3) is 0.429. The molecule has 2 aromatic rings. The van der Waals surface area contributed by atoms with Crippen LogP contribution in [-0.2, 0) is 19.1 Å². The third kappa shape index (κ3) is 7.34. The van der Waals surface area contributed by atoms with Crippen molar-refractivity contribution in [3.8, 4) is 5.75 Å². The zero-order valence-corrected chi connectivity index (χ0v) is 16.7. The van der Waals surface area contributed by atoms with E-state index in [2.05, 4.69) is 5.32 Å². The van der Waals surface area contributed by atoms with E-state index in [0.717, 1.165) is 17.4 Å². The van der Waals surface area contributed by atoms with Gasteiger partial charge in [-0.2, -0.15) is 13.2 Å². The van der Waals surface area contributed by atoms with Gasteiger partial charge in [-0.3, -0.25) is 0 Å². The number of halogens is 4. The quantitative estimate of drug-likeness (QED) is 0.551. The highest BCUT2D eigenvalue weighted by Crippen LogP contribution is 2.36. The average molecular weight is 416 g/mol. The van der Waals surface area contributed by atoms with Gasteiger partial charge >= 0.3 is 6.18 Å². The molecule has 0 bridgehead atoms. The van der Waals surface area contributed by atoms with E-state index in [4.69, 9.17) is 16.3 Å². The molecule has 2 rings (SSSR count). The Morgan fingerprint density at radius 3 is 2.50 bits per heavy atom. The first-order valence-corrected chi connectivity index (χ1v) is 9.43. The highest BCUT2D eigenvalue weighted by molar-refractivity contribution is 6.32. The van der Waals surface area contributed by atoms with Crippen molar-refractivity contribution in [2.75, 3.05) is 13.2 Å². The third-order valence-corrected chi connectivity index (χ3v) is 4.45. The van der Waals surface area contributed by atoms with Gasteiger partial charge in [0.05, 0.1) is 22.8 Å². The topological polar surface area (TPSA) is 41.5 Å². The predicted molar refractivity (Wildman–Crippen MR) is 105 cm³/mol. The number of ether oxygens (including phenoxy) is 1. The van der Waals surface area contributed by atoms with Gasteiger partial charge < -0.3 is 15.2 Å². The van der Waals surface area contributed by atoms with E-state index in [9.17, 15) is 18.3 Å². The maximum Gasteiger partial charge on any atom is 0.417 e. The number of alkyl halides is 3. The Kier molecular flexibility index (Phi) is 7.75. The van der Waals surface area contributed by atoms with Crippen LogP contribution < -0.4 is 10.1 Å². The summed E-state index contributed by atoms with van der Waals surface area (Å²) in [6, 6.07) is 11.5. The zero-order valence-electron chi connectivity index (χ0n) is 15.9. The highest BCUT2D eigenvalue weighted by Gasteiger charge is 2.33. The molecule has 2 N–H and O–H groups in total. The van der Waals surface area contributed by atoms with Gasteiger partial charge in [-0.1, -0.05) is 35.9 Å². The largest absolute Gasteiger partial charge is 0.494 e. The Labute approximate surface area is 168 Å². The molecule has 0 radical (unpaired) electrons. The van der Waals surface area contributed by atoms with E-state index in [1.165, 1.54) is 6.07 Å². The minimum atomic E-state index is -4.46. The Hall–Kier alpha value is -1.76. The molecule has 0 heterocycles. The van der Waals surface area contributed by atoms with Gasteiger partial charge in [-0.15, -0.1) is 0 Å². The van der Waals surface area contributed by atoms with Crippen LogP contribution in [0.4, 0.5) is 13.2 Å². The lowest BCUT2D eigenvalue weighted by atomic mass is 9.99. The Morgan fingerprint density at radius 2 is 1.82 bits per heavy atom. The molecule has 0 saturated heterocycles. The Morgan fingerprint density at radius 1 is 1.11 bits per heavy atom. The molecule has 3 nitrogen and oxygen atoms in total. The van der Waals surface area contributed by atoms with Gasteiger partial charge in [0.15, 0.2) is 0 Å². The maximum absolute atomic E-state index is 12.9. The van der Waals surface area contributed by atoms with Gasteiger partial charge in [-0.05, 0) is 56.1 Å². The minimum Gasteiger partial charge on any atom is -0.494 e. The van der Waals surface area contributed by atoms with Crippen molar-refractivity contribution < 1.29 is 23.0 Å². The molecule has 0 aliphatic carbocycles. The molecule has 0 spiro atoms. The van der Waals surface area contributed by atoms with Crippen LogP contribution in [0.25, 0.3) is 0 Å². The van der Waals surface area contributed by atoms with Crippen LogP contribution in [0.2, 0.25) is 5.02 Å². The smallest absolute Gasteiger partial charge is 0.417 e. The summed E-state index contributed by atoms with van der Waals surface area (Å²) in [5, 5.41) is 12.7. The molecule has 0 atom stereocenters. The van der Waals surface area contributed by atoms with E-state index < -0.39 is 17.3 Å². The second-order valence-electron chi connectivity index (χ2n) is 7.29. The van der Waals surface area contributed by atoms with Crippen molar-refractivity contribution in [1.82, 2.24) is 5.32 Å². The molecule has 0 amide bonds. The van der Waals surface area contributed by atoms with Crippen LogP contribution in [0.5, 0.6) is 5.75 Å². The summed E-state index contributed by atoms with van der Waals surface area (Å²) in [5.41, 5.74) is -0.200. The molecule has 0 aliphatic rings. The summed E-state index contributed by atoms with van der Waals surface area (Å²) < 4.78 is 44.3. The van der Waals surface area contributed by atoms with E-state index in [1.54, 1.807) is 19.9 Å². The van der Waals surface area contributed by atoms with Crippen LogP contribution in [-0.4, -0.2) is 23.9 Å². The first kappa shape index (κ1) is 22.5. The lowest BCUT2D eigenvalue weighted by Gasteiger charge is -2.17. The van der Waals surface area contributed by atoms with E-state index in [0.29, 0.717) is 31.6 Å². The summed E-state index contributed by atoms with van der Waals surface area (Å²) in [6.45, 7) is 4.81. The molecule has 0 aromatic heterocycles. The van der Waals surface area contributed by atoms with Gasteiger partial charge in [0.25, 0.3) is 0 Å². The number of hydrogen-bond acceptors (Lipinski definition) is 3. The average Bonchev–Trinajstić information content (AvgIpc) is 2.57. The van der Waals surface area contributed by atoms with Crippen molar-refractivity contribution in [2.24, 2.45) is 0 Å². The molecular formula is C21H25ClF3NO2. The fourth-order valence-corrected chi connectivity index (χ4v) is 3.09. The Balaban J connectivity index is 1.75. The monoisotopic (exact) mass is 415 g/mol. The predicted octanol–water partition coefficient (Wildman–Crippen LogP) is 5.23. The van der Waals surface area contributed by atoms with Crippen LogP contribution >= 0.6 is 11.6 Å². The van der Waals surface area contributed by atoms with Gasteiger partial charge in [0.1, 0.15) is 5.75 Å². The fourth-order valence-electron chi connectivity index (χ4n) is 2.79. The second-order valence-corrected chi connectivity index (χ2v) is 7.67. The van der Waals surface area contributed by atoms with Crippen molar-refractivity contribution >= 4 is 11.6 Å². The summed E-state index contributed by atoms with van der Waals surface area (Å²) in [7, 11) is 0. The number of aliphatic hydroxyl groups is 1. The molecule has 154 valence electrons. The van der Waals surface area contributed by atoms with E-state index in [-0.39, 0.29) is 11.6 Å². The number of rotatable bonds is 9. The molecular weight excluding hydrogens is 391 g/mol. The first-order chi connectivity index (χ1) is 13.1. The summed E-state index contributed by atoms with van der Waals surface area (Å²) in [5.74, 6) is 0.725. The molecule has 0 aliphatic heterocycles. The zero-order chi connectivity index (χ0) is 20.8. The summed E-state index contributed by atoms with van der Waals surface area (Å²) >= 11 is 5.87. The maximum atomic E-state index is 12.9. The highest BCUT2D eigenvalue weighted by atomic mass is 35.5. The molecule has 28 heavy (non-hydrogen) atoms. The normalized spacial score (nSPS) is 12.2. The van der Waals surface area contributed by atoms with E-state index >= 15 is 0 Å². The minimum absolute atomic E-state index is 0.254. The number of hydrogen-bond donors (Lipinski definition) is 2. The summed E-state index contributed by atoms with van der Waals surface area (Å²) in [6.07, 6.45) is -3.24. The van der Waals surface area contributed by atoms with Crippen LogP contribution in [0.15, 0.2) is 42.5 Å². The van der Waals surface area contributed by atoms with Crippen LogP contribution in [0.1, 0.15) is 37.0 Å². The number of benzene rings is 2. The molecule has 2 aromatic carbocycles. The molecule has 0 unspecified atom stereocenters. The molecule has 0 fully saturated rings. The second kappa shape index (κ2) is 9.63. The van der Waals surface area contributed by atoms with Crippen molar-refractivity contribution in [3.63, 3.8) is 0 Å². The van der Waals surface area contributed by atoms with Crippen LogP contribution in [0.3, 0.4) is 0 Å².